The molecule has 3 nitrogen and oxygen atoms in total. The summed E-state index contributed by atoms with van der Waals surface area (Å²) in [4.78, 5) is 11.7. The molecule has 0 heterocycles. The van der Waals surface area contributed by atoms with E-state index in [2.05, 4.69) is 12.2 Å². The second-order valence-electron chi connectivity index (χ2n) is 4.99. The summed E-state index contributed by atoms with van der Waals surface area (Å²) in [6, 6.07) is 0. The molecule has 1 rings (SSSR count). The van der Waals surface area contributed by atoms with Crippen molar-refractivity contribution in [2.45, 2.75) is 39.5 Å². The average molecular weight is 213 g/mol. The van der Waals surface area contributed by atoms with Crippen LogP contribution in [0.3, 0.4) is 0 Å². The number of rotatable bonds is 4. The lowest BCUT2D eigenvalue weighted by molar-refractivity contribution is -0.126. The van der Waals surface area contributed by atoms with Gasteiger partial charge in [-0.05, 0) is 37.5 Å². The van der Waals surface area contributed by atoms with Gasteiger partial charge in [0, 0.05) is 19.1 Å². The molecule has 1 amide bonds. The Hall–Kier alpha value is -0.570. The molecule has 2 N–H and O–H groups in total. The fourth-order valence-corrected chi connectivity index (χ4v) is 2.01. The zero-order valence-electron chi connectivity index (χ0n) is 9.83. The molecule has 15 heavy (non-hydrogen) atoms. The predicted molar refractivity (Wildman–Crippen MR) is 60.4 cm³/mol. The Balaban J connectivity index is 2.22. The molecule has 1 aliphatic carbocycles. The van der Waals surface area contributed by atoms with Gasteiger partial charge in [-0.2, -0.15) is 0 Å². The molecule has 0 saturated heterocycles. The highest BCUT2D eigenvalue weighted by atomic mass is 16.3. The number of amides is 1. The number of hydrogen-bond acceptors (Lipinski definition) is 2. The lowest BCUT2D eigenvalue weighted by Gasteiger charge is -2.25. The van der Waals surface area contributed by atoms with E-state index in [1.807, 2.05) is 6.92 Å². The van der Waals surface area contributed by atoms with Crippen molar-refractivity contribution in [1.29, 1.82) is 0 Å². The molecular formula is C12H23NO2. The standard InChI is InChI=1S/C12H23NO2/c1-9-3-5-11(6-4-9)12(15)13-7-10(2)8-14/h9-11,14H,3-8H2,1-2H3,(H,13,15). The van der Waals surface area contributed by atoms with Gasteiger partial charge in [0.2, 0.25) is 5.91 Å². The number of carbonyl (C=O) groups excluding carboxylic acids is 1. The summed E-state index contributed by atoms with van der Waals surface area (Å²) in [6.07, 6.45) is 4.41. The highest BCUT2D eigenvalue weighted by Crippen LogP contribution is 2.28. The van der Waals surface area contributed by atoms with Crippen molar-refractivity contribution in [2.24, 2.45) is 17.8 Å². The quantitative estimate of drug-likeness (QED) is 0.744. The molecule has 1 atom stereocenters. The molecule has 0 radical (unpaired) electrons. The van der Waals surface area contributed by atoms with Gasteiger partial charge in [0.25, 0.3) is 0 Å². The molecule has 1 aliphatic rings. The smallest absolute Gasteiger partial charge is 0.223 e. The number of aliphatic hydroxyl groups excluding tert-OH is 1. The Labute approximate surface area is 92.3 Å². The largest absolute Gasteiger partial charge is 0.396 e. The van der Waals surface area contributed by atoms with Crippen molar-refractivity contribution >= 4 is 5.91 Å². The molecule has 1 unspecified atom stereocenters. The van der Waals surface area contributed by atoms with E-state index in [0.29, 0.717) is 6.54 Å². The van der Waals surface area contributed by atoms with E-state index in [-0.39, 0.29) is 24.3 Å². The molecular weight excluding hydrogens is 190 g/mol. The lowest BCUT2D eigenvalue weighted by atomic mass is 9.82. The molecule has 0 aliphatic heterocycles. The Morgan fingerprint density at radius 2 is 2.00 bits per heavy atom. The van der Waals surface area contributed by atoms with Gasteiger partial charge in [0.1, 0.15) is 0 Å². The van der Waals surface area contributed by atoms with Gasteiger partial charge < -0.3 is 10.4 Å². The van der Waals surface area contributed by atoms with Crippen LogP contribution in [0.5, 0.6) is 0 Å². The molecule has 0 aromatic heterocycles. The number of carbonyl (C=O) groups is 1. The van der Waals surface area contributed by atoms with Crippen molar-refractivity contribution in [1.82, 2.24) is 5.32 Å². The number of aliphatic hydroxyl groups is 1. The van der Waals surface area contributed by atoms with Crippen LogP contribution >= 0.6 is 0 Å². The second-order valence-corrected chi connectivity index (χ2v) is 4.99. The summed E-state index contributed by atoms with van der Waals surface area (Å²) < 4.78 is 0. The maximum atomic E-state index is 11.7. The van der Waals surface area contributed by atoms with E-state index < -0.39 is 0 Å². The Morgan fingerprint density at radius 3 is 2.53 bits per heavy atom. The first-order valence-corrected chi connectivity index (χ1v) is 6.02. The van der Waals surface area contributed by atoms with E-state index in [1.54, 1.807) is 0 Å². The summed E-state index contributed by atoms with van der Waals surface area (Å²) in [5, 5.41) is 11.8. The van der Waals surface area contributed by atoms with Crippen LogP contribution in [0.15, 0.2) is 0 Å². The fraction of sp³-hybridized carbons (Fsp3) is 0.917. The molecule has 1 fully saturated rings. The molecule has 0 spiro atoms. The van der Waals surface area contributed by atoms with E-state index in [9.17, 15) is 4.79 Å². The van der Waals surface area contributed by atoms with Crippen molar-refractivity contribution in [3.8, 4) is 0 Å². The average Bonchev–Trinajstić information content (AvgIpc) is 2.26. The Kier molecular flexibility index (Phi) is 5.09. The van der Waals surface area contributed by atoms with Crippen LogP contribution in [0.25, 0.3) is 0 Å². The zero-order chi connectivity index (χ0) is 11.3. The third-order valence-corrected chi connectivity index (χ3v) is 3.32. The van der Waals surface area contributed by atoms with Crippen molar-refractivity contribution < 1.29 is 9.90 Å². The minimum absolute atomic E-state index is 0.141. The monoisotopic (exact) mass is 213 g/mol. The lowest BCUT2D eigenvalue weighted by Crippen LogP contribution is -2.36. The van der Waals surface area contributed by atoms with E-state index in [1.165, 1.54) is 12.8 Å². The first-order chi connectivity index (χ1) is 7.13. The normalized spacial score (nSPS) is 28.5. The van der Waals surface area contributed by atoms with Gasteiger partial charge in [-0.15, -0.1) is 0 Å². The van der Waals surface area contributed by atoms with Crippen molar-refractivity contribution in [3.05, 3.63) is 0 Å². The van der Waals surface area contributed by atoms with Gasteiger partial charge in [0.05, 0.1) is 0 Å². The van der Waals surface area contributed by atoms with E-state index >= 15 is 0 Å². The molecule has 88 valence electrons. The van der Waals surface area contributed by atoms with Gasteiger partial charge in [0.15, 0.2) is 0 Å². The van der Waals surface area contributed by atoms with Crippen LogP contribution in [-0.2, 0) is 4.79 Å². The maximum Gasteiger partial charge on any atom is 0.223 e. The van der Waals surface area contributed by atoms with Crippen LogP contribution in [0.1, 0.15) is 39.5 Å². The minimum Gasteiger partial charge on any atom is -0.396 e. The molecule has 1 saturated carbocycles. The molecule has 0 aromatic carbocycles. The second kappa shape index (κ2) is 6.11. The first kappa shape index (κ1) is 12.5. The number of nitrogens with one attached hydrogen (secondary N) is 1. The minimum atomic E-state index is 0.141. The summed E-state index contributed by atoms with van der Waals surface area (Å²) in [7, 11) is 0. The third kappa shape index (κ3) is 4.20. The summed E-state index contributed by atoms with van der Waals surface area (Å²) >= 11 is 0. The van der Waals surface area contributed by atoms with E-state index in [0.717, 1.165) is 18.8 Å². The van der Waals surface area contributed by atoms with Gasteiger partial charge in [-0.1, -0.05) is 13.8 Å². The topological polar surface area (TPSA) is 49.3 Å². The van der Waals surface area contributed by atoms with Crippen LogP contribution in [0.2, 0.25) is 0 Å². The van der Waals surface area contributed by atoms with Gasteiger partial charge >= 0.3 is 0 Å². The fourth-order valence-electron chi connectivity index (χ4n) is 2.01. The highest BCUT2D eigenvalue weighted by Gasteiger charge is 2.24. The Bertz CT molecular complexity index is 198. The van der Waals surface area contributed by atoms with E-state index in [4.69, 9.17) is 5.11 Å². The Morgan fingerprint density at radius 1 is 1.40 bits per heavy atom. The third-order valence-electron chi connectivity index (χ3n) is 3.32. The van der Waals surface area contributed by atoms with Crippen LogP contribution in [-0.4, -0.2) is 24.2 Å². The van der Waals surface area contributed by atoms with Crippen molar-refractivity contribution in [2.75, 3.05) is 13.2 Å². The zero-order valence-corrected chi connectivity index (χ0v) is 9.83. The highest BCUT2D eigenvalue weighted by molar-refractivity contribution is 5.78. The molecule has 0 aromatic rings. The van der Waals surface area contributed by atoms with Gasteiger partial charge in [-0.3, -0.25) is 4.79 Å². The maximum absolute atomic E-state index is 11.7. The molecule has 0 bridgehead atoms. The van der Waals surface area contributed by atoms with Crippen LogP contribution in [0, 0.1) is 17.8 Å². The summed E-state index contributed by atoms with van der Waals surface area (Å²) in [6.45, 7) is 4.93. The van der Waals surface area contributed by atoms with Crippen molar-refractivity contribution in [3.63, 3.8) is 0 Å². The first-order valence-electron chi connectivity index (χ1n) is 6.02. The predicted octanol–water partition coefficient (Wildman–Crippen LogP) is 1.56. The molecule has 3 heteroatoms. The summed E-state index contributed by atoms with van der Waals surface area (Å²) in [5.74, 6) is 1.34. The van der Waals surface area contributed by atoms with Crippen LogP contribution < -0.4 is 5.32 Å². The SMILES string of the molecule is CC1CCC(C(=O)NCC(C)CO)CC1. The van der Waals surface area contributed by atoms with Crippen LogP contribution in [0.4, 0.5) is 0 Å². The summed E-state index contributed by atoms with van der Waals surface area (Å²) in [5.41, 5.74) is 0. The van der Waals surface area contributed by atoms with Gasteiger partial charge in [-0.25, -0.2) is 0 Å². The number of hydrogen-bond donors (Lipinski definition) is 2.